The van der Waals surface area contributed by atoms with Gasteiger partial charge in [-0.25, -0.2) is 4.79 Å². The van der Waals surface area contributed by atoms with Crippen LogP contribution in [0.25, 0.3) is 10.8 Å². The zero-order valence-corrected chi connectivity index (χ0v) is 13.0. The van der Waals surface area contributed by atoms with Gasteiger partial charge in [-0.15, -0.1) is 0 Å². The Hall–Kier alpha value is -2.40. The summed E-state index contributed by atoms with van der Waals surface area (Å²) in [6, 6.07) is 12.8. The topological polar surface area (TPSA) is 92.4 Å². The summed E-state index contributed by atoms with van der Waals surface area (Å²) in [5.41, 5.74) is 6.31. The molecule has 0 aliphatic carbocycles. The number of benzene rings is 2. The number of rotatable bonds is 8. The number of carboxylic acid groups (broad SMARTS) is 1. The van der Waals surface area contributed by atoms with Crippen LogP contribution in [-0.2, 0) is 16.0 Å². The number of aliphatic carboxylic acids is 1. The highest BCUT2D eigenvalue weighted by Gasteiger charge is 2.19. The Morgan fingerprint density at radius 3 is 2.57 bits per heavy atom. The van der Waals surface area contributed by atoms with Crippen LogP contribution >= 0.6 is 0 Å². The second-order valence-corrected chi connectivity index (χ2v) is 5.56. The van der Waals surface area contributed by atoms with Gasteiger partial charge in [0.2, 0.25) is 5.91 Å². The first-order chi connectivity index (χ1) is 11.1. The van der Waals surface area contributed by atoms with Crippen LogP contribution in [0.5, 0.6) is 0 Å². The molecule has 5 nitrogen and oxygen atoms in total. The molecule has 5 heteroatoms. The summed E-state index contributed by atoms with van der Waals surface area (Å²) in [5.74, 6) is -1.28. The van der Waals surface area contributed by atoms with Crippen LogP contribution in [0.1, 0.15) is 24.8 Å². The minimum absolute atomic E-state index is 0.169. The van der Waals surface area contributed by atoms with E-state index < -0.39 is 12.0 Å². The van der Waals surface area contributed by atoms with Gasteiger partial charge in [0.15, 0.2) is 0 Å². The molecule has 0 spiro atoms. The lowest BCUT2D eigenvalue weighted by molar-refractivity contribution is -0.142. The molecule has 1 amide bonds. The highest BCUT2D eigenvalue weighted by molar-refractivity contribution is 5.91. The lowest BCUT2D eigenvalue weighted by Crippen LogP contribution is -2.41. The van der Waals surface area contributed by atoms with E-state index in [-0.39, 0.29) is 12.3 Å². The molecule has 0 aromatic heterocycles. The van der Waals surface area contributed by atoms with E-state index in [0.29, 0.717) is 19.4 Å². The fraction of sp³-hybridized carbons (Fsp3) is 0.333. The molecule has 2 rings (SSSR count). The van der Waals surface area contributed by atoms with Crippen LogP contribution in [-0.4, -0.2) is 29.6 Å². The number of nitrogens with two attached hydrogens (primary N) is 1. The molecule has 4 N–H and O–H groups in total. The van der Waals surface area contributed by atoms with Gasteiger partial charge in [-0.2, -0.15) is 0 Å². The van der Waals surface area contributed by atoms with Crippen LogP contribution in [0.3, 0.4) is 0 Å². The summed E-state index contributed by atoms with van der Waals surface area (Å²) < 4.78 is 0. The Bertz CT molecular complexity index is 680. The maximum absolute atomic E-state index is 12.2. The van der Waals surface area contributed by atoms with Crippen molar-refractivity contribution in [3.05, 3.63) is 48.0 Å². The van der Waals surface area contributed by atoms with E-state index in [2.05, 4.69) is 5.32 Å². The summed E-state index contributed by atoms with van der Waals surface area (Å²) in [7, 11) is 0. The third-order valence-electron chi connectivity index (χ3n) is 3.81. The molecule has 0 heterocycles. The number of carboxylic acids is 1. The Kier molecular flexibility index (Phi) is 6.11. The highest BCUT2D eigenvalue weighted by Crippen LogP contribution is 2.19. The molecule has 0 aliphatic heterocycles. The number of fused-ring (bicyclic) bond motifs is 1. The van der Waals surface area contributed by atoms with E-state index in [1.165, 1.54) is 0 Å². The van der Waals surface area contributed by atoms with Gasteiger partial charge in [0.25, 0.3) is 0 Å². The molecule has 0 saturated heterocycles. The van der Waals surface area contributed by atoms with E-state index >= 15 is 0 Å². The van der Waals surface area contributed by atoms with Crippen LogP contribution in [0.2, 0.25) is 0 Å². The van der Waals surface area contributed by atoms with Crippen molar-refractivity contribution in [2.75, 3.05) is 6.54 Å². The van der Waals surface area contributed by atoms with Crippen LogP contribution in [0.15, 0.2) is 42.5 Å². The molecule has 0 saturated carbocycles. The highest BCUT2D eigenvalue weighted by atomic mass is 16.4. The van der Waals surface area contributed by atoms with Crippen molar-refractivity contribution in [1.29, 1.82) is 0 Å². The largest absolute Gasteiger partial charge is 0.480 e. The Morgan fingerprint density at radius 2 is 1.83 bits per heavy atom. The number of amides is 1. The van der Waals surface area contributed by atoms with Gasteiger partial charge in [-0.3, -0.25) is 4.79 Å². The van der Waals surface area contributed by atoms with Crippen LogP contribution < -0.4 is 11.1 Å². The summed E-state index contributed by atoms with van der Waals surface area (Å²) in [5, 5.41) is 13.9. The van der Waals surface area contributed by atoms with Crippen molar-refractivity contribution in [1.82, 2.24) is 5.32 Å². The Labute approximate surface area is 135 Å². The summed E-state index contributed by atoms with van der Waals surface area (Å²) >= 11 is 0. The lowest BCUT2D eigenvalue weighted by Gasteiger charge is -2.15. The zero-order chi connectivity index (χ0) is 16.7. The number of unbranched alkanes of at least 4 members (excludes halogenated alkanes) is 1. The lowest BCUT2D eigenvalue weighted by atomic mass is 10.0. The molecular formula is C18H22N2O3. The predicted molar refractivity (Wildman–Crippen MR) is 90.1 cm³/mol. The quantitative estimate of drug-likeness (QED) is 0.650. The van der Waals surface area contributed by atoms with Crippen molar-refractivity contribution in [3.63, 3.8) is 0 Å². The summed E-state index contributed by atoms with van der Waals surface area (Å²) in [4.78, 5) is 23.5. The standard InChI is InChI=1S/C18H22N2O3/c19-11-4-3-10-16(18(22)23)20-17(21)12-14-8-5-7-13-6-1-2-9-15(13)14/h1-2,5-9,16H,3-4,10-12,19H2,(H,20,21)(H,22,23). The molecule has 122 valence electrons. The molecule has 1 atom stereocenters. The Balaban J connectivity index is 2.03. The zero-order valence-electron chi connectivity index (χ0n) is 13.0. The smallest absolute Gasteiger partial charge is 0.326 e. The first-order valence-electron chi connectivity index (χ1n) is 7.80. The molecule has 0 bridgehead atoms. The second kappa shape index (κ2) is 8.29. The molecule has 1 unspecified atom stereocenters. The average molecular weight is 314 g/mol. The van der Waals surface area contributed by atoms with E-state index in [1.807, 2.05) is 42.5 Å². The van der Waals surface area contributed by atoms with Crippen molar-refractivity contribution >= 4 is 22.6 Å². The van der Waals surface area contributed by atoms with Gasteiger partial charge in [-0.05, 0) is 42.1 Å². The van der Waals surface area contributed by atoms with Gasteiger partial charge in [0, 0.05) is 0 Å². The normalized spacial score (nSPS) is 12.0. The second-order valence-electron chi connectivity index (χ2n) is 5.56. The monoisotopic (exact) mass is 314 g/mol. The minimum atomic E-state index is -1.01. The van der Waals surface area contributed by atoms with Crippen molar-refractivity contribution in [2.24, 2.45) is 5.73 Å². The third kappa shape index (κ3) is 4.79. The number of hydrogen-bond donors (Lipinski definition) is 3. The van der Waals surface area contributed by atoms with E-state index in [9.17, 15) is 14.7 Å². The Morgan fingerprint density at radius 1 is 1.09 bits per heavy atom. The maximum atomic E-state index is 12.2. The number of hydrogen-bond acceptors (Lipinski definition) is 3. The van der Waals surface area contributed by atoms with E-state index in [1.54, 1.807) is 0 Å². The number of nitrogens with one attached hydrogen (secondary N) is 1. The molecule has 0 fully saturated rings. The van der Waals surface area contributed by atoms with Crippen LogP contribution in [0.4, 0.5) is 0 Å². The summed E-state index contributed by atoms with van der Waals surface area (Å²) in [6.07, 6.45) is 2.00. The molecule has 2 aromatic rings. The van der Waals surface area contributed by atoms with E-state index in [4.69, 9.17) is 5.73 Å². The van der Waals surface area contributed by atoms with Crippen LogP contribution in [0, 0.1) is 0 Å². The van der Waals surface area contributed by atoms with E-state index in [0.717, 1.165) is 22.8 Å². The summed E-state index contributed by atoms with van der Waals surface area (Å²) in [6.45, 7) is 0.524. The predicted octanol–water partition coefficient (Wildman–Crippen LogP) is 2.08. The first-order valence-corrected chi connectivity index (χ1v) is 7.80. The van der Waals surface area contributed by atoms with Gasteiger partial charge in [0.1, 0.15) is 6.04 Å². The minimum Gasteiger partial charge on any atom is -0.480 e. The molecular weight excluding hydrogens is 292 g/mol. The number of carbonyl (C=O) groups excluding carboxylic acids is 1. The fourth-order valence-corrected chi connectivity index (χ4v) is 2.62. The van der Waals surface area contributed by atoms with Gasteiger partial charge < -0.3 is 16.2 Å². The molecule has 0 radical (unpaired) electrons. The SMILES string of the molecule is NCCCCC(NC(=O)Cc1cccc2ccccc12)C(=O)O. The third-order valence-corrected chi connectivity index (χ3v) is 3.81. The van der Waals surface area contributed by atoms with Gasteiger partial charge in [0.05, 0.1) is 6.42 Å². The maximum Gasteiger partial charge on any atom is 0.326 e. The van der Waals surface area contributed by atoms with Crippen molar-refractivity contribution < 1.29 is 14.7 Å². The average Bonchev–Trinajstić information content (AvgIpc) is 2.54. The van der Waals surface area contributed by atoms with Crippen molar-refractivity contribution in [3.8, 4) is 0 Å². The first kappa shape index (κ1) is 17.0. The molecule has 2 aromatic carbocycles. The number of carbonyl (C=O) groups is 2. The van der Waals surface area contributed by atoms with Gasteiger partial charge in [-0.1, -0.05) is 42.5 Å². The molecule has 0 aliphatic rings. The molecule has 23 heavy (non-hydrogen) atoms. The van der Waals surface area contributed by atoms with Crippen molar-refractivity contribution in [2.45, 2.75) is 31.7 Å². The van der Waals surface area contributed by atoms with Gasteiger partial charge >= 0.3 is 5.97 Å². The fourth-order valence-electron chi connectivity index (χ4n) is 2.62.